The Morgan fingerprint density at radius 1 is 1.03 bits per heavy atom. The first kappa shape index (κ1) is 27.7. The van der Waals surface area contributed by atoms with Crippen molar-refractivity contribution in [3.05, 3.63) is 65.2 Å². The third kappa shape index (κ3) is 5.47. The van der Waals surface area contributed by atoms with Crippen LogP contribution in [0.25, 0.3) is 5.76 Å². The Kier molecular flexibility index (Phi) is 7.71. The highest BCUT2D eigenvalue weighted by atomic mass is 16.7. The number of hydrogen-bond donors (Lipinski definition) is 9. The Bertz CT molecular complexity index is 1280. The summed E-state index contributed by atoms with van der Waals surface area (Å²) < 4.78 is 20.7. The number of carbonyl (C=O) groups is 2. The third-order valence-corrected chi connectivity index (χ3v) is 6.01. The summed E-state index contributed by atoms with van der Waals surface area (Å²) in [6, 6.07) is 3.26. The maximum absolute atomic E-state index is 13.2. The molecule has 1 aliphatic carbocycles. The van der Waals surface area contributed by atoms with Gasteiger partial charge in [0.25, 0.3) is 5.95 Å². The standard InChI is InChI=1S/C24H24O15/c25-7-14-18(32)20(34)21(35)24(37-14)39-16(31)6-15(30)38-23-19(33)17-12(29)4-9(26)5-13(17)36-22(23)8-1-2-10(27)11(28)3-8/h1-6,13-14,17-18,20-21,24-29,31-32,34-35H,7H2. The molecule has 0 radical (unpaired) electrons. The zero-order valence-electron chi connectivity index (χ0n) is 19.7. The minimum absolute atomic E-state index is 0.0485. The maximum Gasteiger partial charge on any atom is 0.343 e. The first-order valence-electron chi connectivity index (χ1n) is 11.3. The predicted molar refractivity (Wildman–Crippen MR) is 123 cm³/mol. The number of phenols is 2. The summed E-state index contributed by atoms with van der Waals surface area (Å²) in [5.74, 6) is -8.40. The molecule has 15 heteroatoms. The molecule has 1 saturated heterocycles. The number of benzene rings is 1. The number of aromatic hydroxyl groups is 2. The number of allylic oxidation sites excluding steroid dienone is 2. The molecule has 210 valence electrons. The number of rotatable bonds is 6. The first-order chi connectivity index (χ1) is 18.4. The number of ketones is 1. The molecule has 7 atom stereocenters. The van der Waals surface area contributed by atoms with Gasteiger partial charge in [0.1, 0.15) is 54.0 Å². The van der Waals surface area contributed by atoms with Gasteiger partial charge in [-0.25, -0.2) is 4.79 Å². The zero-order chi connectivity index (χ0) is 28.6. The van der Waals surface area contributed by atoms with E-state index in [1.165, 1.54) is 6.07 Å². The molecule has 0 bridgehead atoms. The Labute approximate surface area is 218 Å². The van der Waals surface area contributed by atoms with E-state index in [1.807, 2.05) is 0 Å². The number of carbonyl (C=O) groups excluding carboxylic acids is 2. The fraction of sp³-hybridized carbons (Fsp3) is 0.333. The fourth-order valence-corrected chi connectivity index (χ4v) is 4.06. The summed E-state index contributed by atoms with van der Waals surface area (Å²) in [6.07, 6.45) is -7.54. The molecule has 9 N–H and O–H groups in total. The van der Waals surface area contributed by atoms with E-state index >= 15 is 0 Å². The quantitative estimate of drug-likeness (QED) is 0.0888. The molecule has 2 aliphatic heterocycles. The average molecular weight is 552 g/mol. The van der Waals surface area contributed by atoms with Crippen LogP contribution in [0, 0.1) is 5.92 Å². The van der Waals surface area contributed by atoms with Crippen molar-refractivity contribution in [1.82, 2.24) is 0 Å². The van der Waals surface area contributed by atoms with Gasteiger partial charge >= 0.3 is 5.97 Å². The maximum atomic E-state index is 13.2. The van der Waals surface area contributed by atoms with Crippen LogP contribution in [0.2, 0.25) is 0 Å². The van der Waals surface area contributed by atoms with Crippen molar-refractivity contribution in [3.63, 3.8) is 0 Å². The van der Waals surface area contributed by atoms with E-state index in [-0.39, 0.29) is 5.56 Å². The monoisotopic (exact) mass is 552 g/mol. The van der Waals surface area contributed by atoms with Gasteiger partial charge in [0.05, 0.1) is 6.61 Å². The van der Waals surface area contributed by atoms with Crippen molar-refractivity contribution in [3.8, 4) is 11.5 Å². The number of aliphatic hydroxyl groups excluding tert-OH is 7. The molecule has 39 heavy (non-hydrogen) atoms. The molecule has 7 unspecified atom stereocenters. The highest BCUT2D eigenvalue weighted by Gasteiger charge is 2.46. The van der Waals surface area contributed by atoms with Crippen molar-refractivity contribution >= 4 is 17.5 Å². The van der Waals surface area contributed by atoms with Crippen molar-refractivity contribution in [2.75, 3.05) is 6.61 Å². The SMILES string of the molecule is O=C(C=C(O)OC1OC(CO)C(O)C(O)C1O)OC1=C(c2ccc(O)c(O)c2)OC2C=C(O)C=C(O)C2C1=O. The molecule has 15 nitrogen and oxygen atoms in total. The second kappa shape index (κ2) is 10.8. The molecule has 3 aliphatic rings. The van der Waals surface area contributed by atoms with E-state index in [4.69, 9.17) is 18.9 Å². The van der Waals surface area contributed by atoms with Gasteiger partial charge in [-0.05, 0) is 24.3 Å². The van der Waals surface area contributed by atoms with E-state index in [1.54, 1.807) is 0 Å². The molecule has 4 rings (SSSR count). The van der Waals surface area contributed by atoms with Crippen LogP contribution in [0.1, 0.15) is 5.56 Å². The van der Waals surface area contributed by atoms with Crippen LogP contribution < -0.4 is 0 Å². The Hall–Kier alpha value is -4.28. The van der Waals surface area contributed by atoms with E-state index in [2.05, 4.69) is 0 Å². The van der Waals surface area contributed by atoms with Gasteiger partial charge in [-0.3, -0.25) is 4.79 Å². The van der Waals surface area contributed by atoms with Gasteiger partial charge in [0.2, 0.25) is 17.8 Å². The Morgan fingerprint density at radius 3 is 2.41 bits per heavy atom. The summed E-state index contributed by atoms with van der Waals surface area (Å²) in [7, 11) is 0. The molecule has 1 aromatic carbocycles. The minimum atomic E-state index is -1.90. The molecule has 0 amide bonds. The van der Waals surface area contributed by atoms with Gasteiger partial charge in [-0.1, -0.05) is 0 Å². The number of hydrogen-bond acceptors (Lipinski definition) is 15. The lowest BCUT2D eigenvalue weighted by Crippen LogP contribution is -2.59. The van der Waals surface area contributed by atoms with Gasteiger partial charge < -0.3 is 64.9 Å². The number of esters is 1. The summed E-state index contributed by atoms with van der Waals surface area (Å²) in [5.41, 5.74) is -0.0485. The smallest absolute Gasteiger partial charge is 0.343 e. The summed E-state index contributed by atoms with van der Waals surface area (Å²) in [6.45, 7) is -0.778. The summed E-state index contributed by atoms with van der Waals surface area (Å²) in [5, 5.41) is 88.5. The topological polar surface area (TPSA) is 253 Å². The number of Topliss-reactive ketones (excluding diaryl/α,β-unsaturated/α-hetero) is 1. The summed E-state index contributed by atoms with van der Waals surface area (Å²) >= 11 is 0. The molecule has 2 heterocycles. The van der Waals surface area contributed by atoms with Crippen LogP contribution in [0.4, 0.5) is 0 Å². The van der Waals surface area contributed by atoms with Crippen LogP contribution in [-0.4, -0.2) is 101 Å². The van der Waals surface area contributed by atoms with Crippen LogP contribution in [0.3, 0.4) is 0 Å². The zero-order valence-corrected chi connectivity index (χ0v) is 19.7. The Morgan fingerprint density at radius 2 is 1.74 bits per heavy atom. The lowest BCUT2D eigenvalue weighted by Gasteiger charge is -2.39. The van der Waals surface area contributed by atoms with Gasteiger partial charge in [-0.15, -0.1) is 0 Å². The van der Waals surface area contributed by atoms with E-state index in [9.17, 15) is 55.5 Å². The van der Waals surface area contributed by atoms with Crippen LogP contribution in [0.15, 0.2) is 59.6 Å². The van der Waals surface area contributed by atoms with Crippen LogP contribution in [-0.2, 0) is 28.5 Å². The normalized spacial score (nSPS) is 31.0. The van der Waals surface area contributed by atoms with Crippen LogP contribution >= 0.6 is 0 Å². The number of aliphatic hydroxyl groups is 7. The number of ether oxygens (including phenoxy) is 4. The average Bonchev–Trinajstić information content (AvgIpc) is 2.87. The van der Waals surface area contributed by atoms with Gasteiger partial charge in [0.15, 0.2) is 17.3 Å². The lowest BCUT2D eigenvalue weighted by molar-refractivity contribution is -0.298. The van der Waals surface area contributed by atoms with Gasteiger partial charge in [-0.2, -0.15) is 0 Å². The van der Waals surface area contributed by atoms with Crippen molar-refractivity contribution in [2.24, 2.45) is 5.92 Å². The van der Waals surface area contributed by atoms with Crippen LogP contribution in [0.5, 0.6) is 11.5 Å². The fourth-order valence-electron chi connectivity index (χ4n) is 4.06. The lowest BCUT2D eigenvalue weighted by atomic mass is 9.86. The molecule has 1 fully saturated rings. The van der Waals surface area contributed by atoms with E-state index in [0.29, 0.717) is 6.08 Å². The molecule has 0 aromatic heterocycles. The molecular weight excluding hydrogens is 528 g/mol. The van der Waals surface area contributed by atoms with Crippen molar-refractivity contribution < 1.29 is 74.5 Å². The predicted octanol–water partition coefficient (Wildman–Crippen LogP) is -0.993. The second-order valence-electron chi connectivity index (χ2n) is 8.67. The highest BCUT2D eigenvalue weighted by molar-refractivity contribution is 6.06. The van der Waals surface area contributed by atoms with Crippen molar-refractivity contribution in [2.45, 2.75) is 36.8 Å². The Balaban J connectivity index is 1.61. The molecule has 1 aromatic rings. The third-order valence-electron chi connectivity index (χ3n) is 6.01. The number of phenolic OH excluding ortho intramolecular Hbond substituents is 2. The molecule has 0 saturated carbocycles. The van der Waals surface area contributed by atoms with Crippen molar-refractivity contribution in [1.29, 1.82) is 0 Å². The number of fused-ring (bicyclic) bond motifs is 1. The molecule has 0 spiro atoms. The van der Waals surface area contributed by atoms with E-state index < -0.39 is 102 Å². The van der Waals surface area contributed by atoms with E-state index in [0.717, 1.165) is 24.3 Å². The highest BCUT2D eigenvalue weighted by Crippen LogP contribution is 2.40. The summed E-state index contributed by atoms with van der Waals surface area (Å²) in [4.78, 5) is 25.8. The minimum Gasteiger partial charge on any atom is -0.511 e. The molecular formula is C24H24O15. The van der Waals surface area contributed by atoms with Gasteiger partial charge in [0, 0.05) is 11.6 Å². The second-order valence-corrected chi connectivity index (χ2v) is 8.67. The largest absolute Gasteiger partial charge is 0.511 e. The first-order valence-corrected chi connectivity index (χ1v) is 11.3.